The van der Waals surface area contributed by atoms with E-state index in [-0.39, 0.29) is 23.8 Å². The van der Waals surface area contributed by atoms with Crippen molar-refractivity contribution in [2.24, 2.45) is 0 Å². The van der Waals surface area contributed by atoms with Crippen LogP contribution in [0.1, 0.15) is 33.6 Å². The van der Waals surface area contributed by atoms with Gasteiger partial charge in [-0.1, -0.05) is 6.07 Å². The number of alkyl halides is 3. The van der Waals surface area contributed by atoms with Gasteiger partial charge < -0.3 is 15.4 Å². The number of imidazole rings is 1. The fraction of sp³-hybridized carbons (Fsp3) is 0.333. The third kappa shape index (κ3) is 5.28. The van der Waals surface area contributed by atoms with E-state index in [1.54, 1.807) is 10.8 Å². The third-order valence-corrected chi connectivity index (χ3v) is 5.06. The first-order valence-electron chi connectivity index (χ1n) is 10.1. The molecule has 33 heavy (non-hydrogen) atoms. The number of anilines is 1. The number of amides is 1. The minimum absolute atomic E-state index is 0.0686. The molecule has 174 valence electrons. The molecule has 1 aromatic carbocycles. The molecule has 1 amide bonds. The summed E-state index contributed by atoms with van der Waals surface area (Å²) >= 11 is 0. The molecule has 2 aromatic heterocycles. The molecule has 8 nitrogen and oxygen atoms in total. The number of nitrogens with zero attached hydrogens (tertiary/aromatic N) is 4. The number of aryl methyl sites for hydroxylation is 1. The second-order valence-corrected chi connectivity index (χ2v) is 7.57. The highest BCUT2D eigenvalue weighted by atomic mass is 19.4. The molecule has 1 atom stereocenters. The number of nitrogens with one attached hydrogen (secondary N) is 2. The Morgan fingerprint density at radius 3 is 2.82 bits per heavy atom. The van der Waals surface area contributed by atoms with E-state index in [1.165, 1.54) is 12.5 Å². The van der Waals surface area contributed by atoms with Crippen LogP contribution in [-0.2, 0) is 17.5 Å². The first kappa shape index (κ1) is 22.6. The molecule has 3 heterocycles. The summed E-state index contributed by atoms with van der Waals surface area (Å²) in [7, 11) is 0. The normalized spacial score (nSPS) is 16.1. The molecule has 12 heteroatoms. The Balaban J connectivity index is 1.43. The Labute approximate surface area is 186 Å². The van der Waals surface area contributed by atoms with Crippen molar-refractivity contribution in [3.05, 3.63) is 65.1 Å². The number of ether oxygens (including phenoxy) is 1. The second kappa shape index (κ2) is 9.14. The molecule has 0 bridgehead atoms. The standard InChI is InChI=1S/C21H20F4N6O2/c1-12-7-27-20(29-14-4-5-33-10-14)30-18(12)31-9-17(28-11-31)19(32)26-8-13-2-3-15(16(22)6-13)21(23,24)25/h2-3,6-7,9,11,14H,4-5,8,10H2,1H3,(H,26,32)(H,27,29,30)/t14-/m0/s1. The molecular formula is C21H20F4N6O2. The monoisotopic (exact) mass is 464 g/mol. The Kier molecular flexibility index (Phi) is 6.27. The van der Waals surface area contributed by atoms with Crippen LogP contribution < -0.4 is 10.6 Å². The van der Waals surface area contributed by atoms with Crippen molar-refractivity contribution in [3.63, 3.8) is 0 Å². The number of hydrogen-bond acceptors (Lipinski definition) is 6. The fourth-order valence-corrected chi connectivity index (χ4v) is 3.32. The summed E-state index contributed by atoms with van der Waals surface area (Å²) in [6.07, 6.45) is 0.618. The molecule has 3 aromatic rings. The van der Waals surface area contributed by atoms with E-state index in [4.69, 9.17) is 4.74 Å². The first-order valence-corrected chi connectivity index (χ1v) is 10.1. The Hall–Kier alpha value is -3.54. The van der Waals surface area contributed by atoms with Gasteiger partial charge >= 0.3 is 6.18 Å². The molecule has 1 aliphatic rings. The number of aromatic nitrogens is 4. The van der Waals surface area contributed by atoms with E-state index < -0.39 is 23.5 Å². The number of halogens is 4. The molecule has 0 saturated carbocycles. The maximum Gasteiger partial charge on any atom is 0.419 e. The summed E-state index contributed by atoms with van der Waals surface area (Å²) < 4.78 is 58.6. The predicted octanol–water partition coefficient (Wildman–Crippen LogP) is 3.26. The van der Waals surface area contributed by atoms with Crippen molar-refractivity contribution in [1.82, 2.24) is 24.8 Å². The van der Waals surface area contributed by atoms with Gasteiger partial charge in [-0.3, -0.25) is 9.36 Å². The summed E-state index contributed by atoms with van der Waals surface area (Å²) in [5.41, 5.74) is -0.343. The van der Waals surface area contributed by atoms with Crippen LogP contribution in [0.4, 0.5) is 23.5 Å². The molecule has 0 radical (unpaired) electrons. The molecule has 0 spiro atoms. The lowest BCUT2D eigenvalue weighted by Gasteiger charge is -2.12. The minimum Gasteiger partial charge on any atom is -0.379 e. The van der Waals surface area contributed by atoms with E-state index in [0.717, 1.165) is 24.1 Å². The number of hydrogen-bond donors (Lipinski definition) is 2. The number of carbonyl (C=O) groups is 1. The first-order chi connectivity index (χ1) is 15.7. The van der Waals surface area contributed by atoms with E-state index in [9.17, 15) is 22.4 Å². The van der Waals surface area contributed by atoms with Gasteiger partial charge in [0.2, 0.25) is 5.95 Å². The van der Waals surface area contributed by atoms with Crippen LogP contribution in [0.15, 0.2) is 36.9 Å². The van der Waals surface area contributed by atoms with Crippen LogP contribution in [0.3, 0.4) is 0 Å². The molecule has 4 rings (SSSR count). The second-order valence-electron chi connectivity index (χ2n) is 7.57. The van der Waals surface area contributed by atoms with Gasteiger partial charge in [0, 0.05) is 31.1 Å². The highest BCUT2D eigenvalue weighted by Gasteiger charge is 2.33. The fourth-order valence-electron chi connectivity index (χ4n) is 3.32. The minimum atomic E-state index is -4.78. The van der Waals surface area contributed by atoms with Crippen LogP contribution >= 0.6 is 0 Å². The van der Waals surface area contributed by atoms with Crippen molar-refractivity contribution in [2.45, 2.75) is 32.1 Å². The average Bonchev–Trinajstić information content (AvgIpc) is 3.45. The highest BCUT2D eigenvalue weighted by Crippen LogP contribution is 2.31. The number of rotatable bonds is 6. The van der Waals surface area contributed by atoms with Crippen LogP contribution in [0.2, 0.25) is 0 Å². The predicted molar refractivity (Wildman–Crippen MR) is 109 cm³/mol. The van der Waals surface area contributed by atoms with Crippen LogP contribution in [0.5, 0.6) is 0 Å². The highest BCUT2D eigenvalue weighted by molar-refractivity contribution is 5.92. The van der Waals surface area contributed by atoms with Crippen molar-refractivity contribution >= 4 is 11.9 Å². The molecular weight excluding hydrogens is 444 g/mol. The SMILES string of the molecule is Cc1cnc(N[C@H]2CCOC2)nc1-n1cnc(C(=O)NCc2ccc(C(F)(F)F)c(F)c2)c1. The number of benzene rings is 1. The van der Waals surface area contributed by atoms with Gasteiger partial charge in [0.05, 0.1) is 18.2 Å². The van der Waals surface area contributed by atoms with E-state index in [0.29, 0.717) is 31.0 Å². The molecule has 0 unspecified atom stereocenters. The lowest BCUT2D eigenvalue weighted by Crippen LogP contribution is -2.23. The Morgan fingerprint density at radius 1 is 1.30 bits per heavy atom. The smallest absolute Gasteiger partial charge is 0.379 e. The lowest BCUT2D eigenvalue weighted by molar-refractivity contribution is -0.140. The molecule has 2 N–H and O–H groups in total. The van der Waals surface area contributed by atoms with Gasteiger partial charge in [-0.2, -0.15) is 18.2 Å². The maximum absolute atomic E-state index is 13.7. The third-order valence-electron chi connectivity index (χ3n) is 5.06. The summed E-state index contributed by atoms with van der Waals surface area (Å²) in [6.45, 7) is 2.90. The van der Waals surface area contributed by atoms with Crippen molar-refractivity contribution in [2.75, 3.05) is 18.5 Å². The summed E-state index contributed by atoms with van der Waals surface area (Å²) in [5.74, 6) is -1.01. The van der Waals surface area contributed by atoms with Gasteiger partial charge in [-0.25, -0.2) is 14.4 Å². The molecule has 1 fully saturated rings. The average molecular weight is 464 g/mol. The zero-order chi connectivity index (χ0) is 23.6. The lowest BCUT2D eigenvalue weighted by atomic mass is 10.1. The van der Waals surface area contributed by atoms with Crippen molar-refractivity contribution in [3.8, 4) is 5.82 Å². The topological polar surface area (TPSA) is 94.0 Å². The van der Waals surface area contributed by atoms with Crippen LogP contribution in [0.25, 0.3) is 5.82 Å². The van der Waals surface area contributed by atoms with Gasteiger partial charge in [0.25, 0.3) is 5.91 Å². The van der Waals surface area contributed by atoms with Crippen molar-refractivity contribution < 1.29 is 27.1 Å². The van der Waals surface area contributed by atoms with E-state index in [1.807, 2.05) is 6.92 Å². The quantitative estimate of drug-likeness (QED) is 0.544. The van der Waals surface area contributed by atoms with Crippen LogP contribution in [0, 0.1) is 12.7 Å². The zero-order valence-corrected chi connectivity index (χ0v) is 17.5. The van der Waals surface area contributed by atoms with E-state index in [2.05, 4.69) is 25.6 Å². The molecule has 1 aliphatic heterocycles. The Morgan fingerprint density at radius 2 is 2.12 bits per heavy atom. The van der Waals surface area contributed by atoms with Gasteiger partial charge in [0.1, 0.15) is 23.7 Å². The summed E-state index contributed by atoms with van der Waals surface area (Å²) in [5, 5.41) is 5.72. The largest absolute Gasteiger partial charge is 0.419 e. The zero-order valence-electron chi connectivity index (χ0n) is 17.5. The summed E-state index contributed by atoms with van der Waals surface area (Å²) in [6, 6.07) is 2.63. The van der Waals surface area contributed by atoms with E-state index >= 15 is 0 Å². The van der Waals surface area contributed by atoms with Gasteiger partial charge in [-0.05, 0) is 31.0 Å². The summed E-state index contributed by atoms with van der Waals surface area (Å²) in [4.78, 5) is 25.3. The maximum atomic E-state index is 13.7. The molecule has 0 aliphatic carbocycles. The molecule has 1 saturated heterocycles. The van der Waals surface area contributed by atoms with Gasteiger partial charge in [0.15, 0.2) is 0 Å². The van der Waals surface area contributed by atoms with Crippen molar-refractivity contribution in [1.29, 1.82) is 0 Å². The van der Waals surface area contributed by atoms with Crippen LogP contribution in [-0.4, -0.2) is 44.7 Å². The van der Waals surface area contributed by atoms with Gasteiger partial charge in [-0.15, -0.1) is 0 Å². The number of carbonyl (C=O) groups excluding carboxylic acids is 1. The Bertz CT molecular complexity index is 1160.